The third kappa shape index (κ3) is 3.17. The van der Waals surface area contributed by atoms with Gasteiger partial charge < -0.3 is 10.3 Å². The van der Waals surface area contributed by atoms with Gasteiger partial charge in [0, 0.05) is 6.42 Å². The molecule has 4 nitrogen and oxygen atoms in total. The van der Waals surface area contributed by atoms with E-state index in [1.165, 1.54) is 5.56 Å². The second kappa shape index (κ2) is 5.78. The quantitative estimate of drug-likeness (QED) is 0.879. The number of hydrogen-bond donors (Lipinski definition) is 1. The van der Waals surface area contributed by atoms with E-state index in [2.05, 4.69) is 22.3 Å². The van der Waals surface area contributed by atoms with Gasteiger partial charge in [0.1, 0.15) is 0 Å². The first-order valence-electron chi connectivity index (χ1n) is 6.29. The van der Waals surface area contributed by atoms with E-state index in [-0.39, 0.29) is 6.04 Å². The zero-order valence-electron chi connectivity index (χ0n) is 10.8. The minimum atomic E-state index is -0.178. The number of aryl methyl sites for hydroxylation is 2. The SMILES string of the molecule is CC(C)C(N)c1nc(CCc2ccccc2)no1. The first-order valence-corrected chi connectivity index (χ1v) is 6.29. The van der Waals surface area contributed by atoms with Crippen LogP contribution in [0, 0.1) is 5.92 Å². The van der Waals surface area contributed by atoms with E-state index in [9.17, 15) is 0 Å². The summed E-state index contributed by atoms with van der Waals surface area (Å²) in [6.45, 7) is 4.08. The van der Waals surface area contributed by atoms with E-state index in [0.29, 0.717) is 11.8 Å². The van der Waals surface area contributed by atoms with Crippen molar-refractivity contribution in [1.82, 2.24) is 10.1 Å². The van der Waals surface area contributed by atoms with Gasteiger partial charge in [0.2, 0.25) is 5.89 Å². The molecule has 0 radical (unpaired) electrons. The van der Waals surface area contributed by atoms with Crippen molar-refractivity contribution < 1.29 is 4.52 Å². The molecular weight excluding hydrogens is 226 g/mol. The predicted octanol–water partition coefficient (Wildman–Crippen LogP) is 2.51. The molecule has 0 saturated carbocycles. The maximum Gasteiger partial charge on any atom is 0.243 e. The fraction of sp³-hybridized carbons (Fsp3) is 0.429. The second-order valence-corrected chi connectivity index (χ2v) is 4.80. The van der Waals surface area contributed by atoms with Gasteiger partial charge in [-0.2, -0.15) is 4.98 Å². The van der Waals surface area contributed by atoms with Crippen LogP contribution in [0.25, 0.3) is 0 Å². The highest BCUT2D eigenvalue weighted by molar-refractivity contribution is 5.15. The molecule has 0 spiro atoms. The Bertz CT molecular complexity index is 479. The Labute approximate surface area is 107 Å². The van der Waals surface area contributed by atoms with Crippen molar-refractivity contribution >= 4 is 0 Å². The molecule has 0 fully saturated rings. The molecule has 0 aliphatic rings. The molecule has 1 aromatic heterocycles. The van der Waals surface area contributed by atoms with E-state index < -0.39 is 0 Å². The molecule has 0 bridgehead atoms. The number of rotatable bonds is 5. The van der Waals surface area contributed by atoms with Crippen molar-refractivity contribution in [3.63, 3.8) is 0 Å². The Hall–Kier alpha value is -1.68. The van der Waals surface area contributed by atoms with Crippen LogP contribution < -0.4 is 5.73 Å². The van der Waals surface area contributed by atoms with E-state index in [1.807, 2.05) is 32.0 Å². The van der Waals surface area contributed by atoms with Crippen molar-refractivity contribution in [1.29, 1.82) is 0 Å². The number of nitrogens with zero attached hydrogens (tertiary/aromatic N) is 2. The topological polar surface area (TPSA) is 64.9 Å². The molecule has 0 aliphatic heterocycles. The van der Waals surface area contributed by atoms with Gasteiger partial charge >= 0.3 is 0 Å². The van der Waals surface area contributed by atoms with Gasteiger partial charge in [-0.05, 0) is 17.9 Å². The van der Waals surface area contributed by atoms with Crippen LogP contribution in [-0.4, -0.2) is 10.1 Å². The summed E-state index contributed by atoms with van der Waals surface area (Å²) in [5.74, 6) is 1.56. The standard InChI is InChI=1S/C14H19N3O/c1-10(2)13(15)14-16-12(17-18-14)9-8-11-6-4-3-5-7-11/h3-7,10,13H,8-9,15H2,1-2H3. The van der Waals surface area contributed by atoms with Crippen LogP contribution in [0.1, 0.15) is 37.2 Å². The Kier molecular flexibility index (Phi) is 4.10. The monoisotopic (exact) mass is 245 g/mol. The van der Waals surface area contributed by atoms with Crippen LogP contribution >= 0.6 is 0 Å². The van der Waals surface area contributed by atoms with Crippen LogP contribution in [0.4, 0.5) is 0 Å². The largest absolute Gasteiger partial charge is 0.338 e. The molecule has 0 aliphatic carbocycles. The maximum atomic E-state index is 5.96. The molecule has 2 rings (SSSR count). The molecule has 1 aromatic carbocycles. The van der Waals surface area contributed by atoms with Crippen molar-refractivity contribution in [3.8, 4) is 0 Å². The molecule has 0 saturated heterocycles. The maximum absolute atomic E-state index is 5.96. The zero-order chi connectivity index (χ0) is 13.0. The first-order chi connectivity index (χ1) is 8.66. The summed E-state index contributed by atoms with van der Waals surface area (Å²) in [6, 6.07) is 10.1. The van der Waals surface area contributed by atoms with E-state index >= 15 is 0 Å². The Balaban J connectivity index is 1.95. The molecule has 1 unspecified atom stereocenters. The van der Waals surface area contributed by atoms with Crippen molar-refractivity contribution in [2.24, 2.45) is 11.7 Å². The van der Waals surface area contributed by atoms with Gasteiger partial charge in [-0.1, -0.05) is 49.3 Å². The van der Waals surface area contributed by atoms with Crippen LogP contribution in [-0.2, 0) is 12.8 Å². The third-order valence-electron chi connectivity index (χ3n) is 2.97. The lowest BCUT2D eigenvalue weighted by Gasteiger charge is -2.09. The molecular formula is C14H19N3O. The highest BCUT2D eigenvalue weighted by Crippen LogP contribution is 2.17. The average Bonchev–Trinajstić information content (AvgIpc) is 2.85. The summed E-state index contributed by atoms with van der Waals surface area (Å²) >= 11 is 0. The van der Waals surface area contributed by atoms with Crippen LogP contribution in [0.2, 0.25) is 0 Å². The van der Waals surface area contributed by atoms with Crippen molar-refractivity contribution in [3.05, 3.63) is 47.6 Å². The summed E-state index contributed by atoms with van der Waals surface area (Å²) in [6.07, 6.45) is 1.69. The van der Waals surface area contributed by atoms with Crippen molar-refractivity contribution in [2.75, 3.05) is 0 Å². The number of nitrogens with two attached hydrogens (primary N) is 1. The van der Waals surface area contributed by atoms with Gasteiger partial charge in [0.05, 0.1) is 6.04 Å². The molecule has 2 aromatic rings. The molecule has 96 valence electrons. The Morgan fingerprint density at radius 2 is 1.89 bits per heavy atom. The van der Waals surface area contributed by atoms with E-state index in [1.54, 1.807) is 0 Å². The minimum Gasteiger partial charge on any atom is -0.338 e. The normalized spacial score (nSPS) is 12.9. The molecule has 0 amide bonds. The smallest absolute Gasteiger partial charge is 0.243 e. The lowest BCUT2D eigenvalue weighted by molar-refractivity contribution is 0.322. The highest BCUT2D eigenvalue weighted by atomic mass is 16.5. The van der Waals surface area contributed by atoms with E-state index in [0.717, 1.165) is 18.7 Å². The minimum absolute atomic E-state index is 0.178. The fourth-order valence-electron chi connectivity index (χ4n) is 1.69. The van der Waals surface area contributed by atoms with Gasteiger partial charge in [0.25, 0.3) is 0 Å². The molecule has 1 atom stereocenters. The molecule has 4 heteroatoms. The van der Waals surface area contributed by atoms with Gasteiger partial charge in [0.15, 0.2) is 5.82 Å². The average molecular weight is 245 g/mol. The van der Waals surface area contributed by atoms with Gasteiger partial charge in [-0.3, -0.25) is 0 Å². The Morgan fingerprint density at radius 3 is 2.56 bits per heavy atom. The van der Waals surface area contributed by atoms with Crippen LogP contribution in [0.5, 0.6) is 0 Å². The number of benzene rings is 1. The summed E-state index contributed by atoms with van der Waals surface area (Å²) < 4.78 is 5.19. The number of aromatic nitrogens is 2. The molecule has 18 heavy (non-hydrogen) atoms. The molecule has 2 N–H and O–H groups in total. The highest BCUT2D eigenvalue weighted by Gasteiger charge is 2.17. The Morgan fingerprint density at radius 1 is 1.17 bits per heavy atom. The third-order valence-corrected chi connectivity index (χ3v) is 2.97. The van der Waals surface area contributed by atoms with E-state index in [4.69, 9.17) is 10.3 Å². The fourth-order valence-corrected chi connectivity index (χ4v) is 1.69. The lowest BCUT2D eigenvalue weighted by Crippen LogP contribution is -2.17. The zero-order valence-corrected chi connectivity index (χ0v) is 10.8. The van der Waals surface area contributed by atoms with Gasteiger partial charge in [-0.15, -0.1) is 0 Å². The summed E-state index contributed by atoms with van der Waals surface area (Å²) in [7, 11) is 0. The lowest BCUT2D eigenvalue weighted by atomic mass is 10.1. The van der Waals surface area contributed by atoms with Gasteiger partial charge in [-0.25, -0.2) is 0 Å². The summed E-state index contributed by atoms with van der Waals surface area (Å²) in [4.78, 5) is 4.34. The predicted molar refractivity (Wildman–Crippen MR) is 69.9 cm³/mol. The molecule has 1 heterocycles. The summed E-state index contributed by atoms with van der Waals surface area (Å²) in [5, 5.41) is 3.97. The number of hydrogen-bond acceptors (Lipinski definition) is 4. The summed E-state index contributed by atoms with van der Waals surface area (Å²) in [5.41, 5.74) is 7.24. The van der Waals surface area contributed by atoms with Crippen LogP contribution in [0.15, 0.2) is 34.9 Å². The second-order valence-electron chi connectivity index (χ2n) is 4.80. The van der Waals surface area contributed by atoms with Crippen molar-refractivity contribution in [2.45, 2.75) is 32.7 Å². The first kappa shape index (κ1) is 12.8. The van der Waals surface area contributed by atoms with Crippen LogP contribution in [0.3, 0.4) is 0 Å².